The number of hydrogen-bond donors (Lipinski definition) is 1. The molecule has 0 unspecified atom stereocenters. The highest BCUT2D eigenvalue weighted by molar-refractivity contribution is 6.42. The fraction of sp³-hybridized carbons (Fsp3) is 0. The molecule has 0 aliphatic heterocycles. The second-order valence-electron chi connectivity index (χ2n) is 3.15. The van der Waals surface area contributed by atoms with Crippen LogP contribution < -0.4 is 0 Å². The number of hydrogen-bond acceptors (Lipinski definition) is 0. The third-order valence-corrected chi connectivity index (χ3v) is 2.77. The second-order valence-corrected chi connectivity index (χ2v) is 3.97. The van der Waals surface area contributed by atoms with Crippen molar-refractivity contribution in [2.75, 3.05) is 0 Å². The van der Waals surface area contributed by atoms with Gasteiger partial charge in [-0.3, -0.25) is 0 Å². The Morgan fingerprint density at radius 3 is 2.40 bits per heavy atom. The fourth-order valence-corrected chi connectivity index (χ4v) is 1.56. The number of benzene rings is 1. The SMILES string of the molecule is Clc1ccc(/C=C/c2cc[nH]c2)cc1Cl. The van der Waals surface area contributed by atoms with E-state index in [4.69, 9.17) is 23.2 Å². The lowest BCUT2D eigenvalue weighted by atomic mass is 10.2. The molecule has 0 fully saturated rings. The minimum Gasteiger partial charge on any atom is -0.367 e. The van der Waals surface area contributed by atoms with Crippen molar-refractivity contribution in [3.8, 4) is 0 Å². The molecule has 0 saturated carbocycles. The van der Waals surface area contributed by atoms with Gasteiger partial charge in [-0.1, -0.05) is 41.4 Å². The summed E-state index contributed by atoms with van der Waals surface area (Å²) in [6.45, 7) is 0. The van der Waals surface area contributed by atoms with E-state index < -0.39 is 0 Å². The molecule has 0 spiro atoms. The van der Waals surface area contributed by atoms with E-state index in [1.54, 1.807) is 6.07 Å². The van der Waals surface area contributed by atoms with Crippen LogP contribution in [0.3, 0.4) is 0 Å². The molecule has 1 N–H and O–H groups in total. The van der Waals surface area contributed by atoms with E-state index in [0.717, 1.165) is 11.1 Å². The average molecular weight is 238 g/mol. The summed E-state index contributed by atoms with van der Waals surface area (Å²) in [4.78, 5) is 2.99. The van der Waals surface area contributed by atoms with Crippen LogP contribution in [0.25, 0.3) is 12.2 Å². The molecule has 1 aromatic heterocycles. The topological polar surface area (TPSA) is 15.8 Å². The summed E-state index contributed by atoms with van der Waals surface area (Å²) in [6.07, 6.45) is 7.81. The summed E-state index contributed by atoms with van der Waals surface area (Å²) >= 11 is 11.7. The molecule has 0 saturated heterocycles. The van der Waals surface area contributed by atoms with Gasteiger partial charge < -0.3 is 4.98 Å². The van der Waals surface area contributed by atoms with Gasteiger partial charge in [0.2, 0.25) is 0 Å². The van der Waals surface area contributed by atoms with Crippen molar-refractivity contribution in [2.45, 2.75) is 0 Å². The molecule has 2 rings (SSSR count). The third-order valence-electron chi connectivity index (χ3n) is 2.03. The molecule has 15 heavy (non-hydrogen) atoms. The standard InChI is InChI=1S/C12H9Cl2N/c13-11-4-3-9(7-12(11)14)1-2-10-5-6-15-8-10/h1-8,15H/b2-1+. The zero-order valence-electron chi connectivity index (χ0n) is 7.87. The van der Waals surface area contributed by atoms with Crippen LogP contribution in [0.15, 0.2) is 36.7 Å². The number of aromatic nitrogens is 1. The molecule has 1 heterocycles. The smallest absolute Gasteiger partial charge is 0.0598 e. The molecule has 0 atom stereocenters. The van der Waals surface area contributed by atoms with Crippen LogP contribution in [0.1, 0.15) is 11.1 Å². The van der Waals surface area contributed by atoms with Crippen molar-refractivity contribution in [3.63, 3.8) is 0 Å². The first-order valence-electron chi connectivity index (χ1n) is 4.51. The molecule has 3 heteroatoms. The van der Waals surface area contributed by atoms with Crippen molar-refractivity contribution in [1.82, 2.24) is 4.98 Å². The second kappa shape index (κ2) is 4.56. The molecule has 1 aromatic carbocycles. The zero-order valence-corrected chi connectivity index (χ0v) is 9.39. The van der Waals surface area contributed by atoms with E-state index in [2.05, 4.69) is 4.98 Å². The highest BCUT2D eigenvalue weighted by Gasteiger charge is 1.96. The minimum atomic E-state index is 0.577. The van der Waals surface area contributed by atoms with Crippen LogP contribution >= 0.6 is 23.2 Å². The average Bonchev–Trinajstić information content (AvgIpc) is 2.73. The maximum absolute atomic E-state index is 5.90. The monoisotopic (exact) mass is 237 g/mol. The van der Waals surface area contributed by atoms with Gasteiger partial charge in [-0.25, -0.2) is 0 Å². The third kappa shape index (κ3) is 2.65. The first-order chi connectivity index (χ1) is 7.25. The van der Waals surface area contributed by atoms with E-state index in [-0.39, 0.29) is 0 Å². The first kappa shape index (κ1) is 10.3. The van der Waals surface area contributed by atoms with E-state index in [0.29, 0.717) is 10.0 Å². The lowest BCUT2D eigenvalue weighted by Gasteiger charge is -1.96. The Labute approximate surface area is 98.3 Å². The van der Waals surface area contributed by atoms with E-state index in [9.17, 15) is 0 Å². The van der Waals surface area contributed by atoms with Crippen LogP contribution in [-0.2, 0) is 0 Å². The quantitative estimate of drug-likeness (QED) is 0.793. The van der Waals surface area contributed by atoms with Crippen LogP contribution in [-0.4, -0.2) is 4.98 Å². The highest BCUT2D eigenvalue weighted by atomic mass is 35.5. The summed E-state index contributed by atoms with van der Waals surface area (Å²) in [5.74, 6) is 0. The van der Waals surface area contributed by atoms with Crippen molar-refractivity contribution >= 4 is 35.4 Å². The van der Waals surface area contributed by atoms with Gasteiger partial charge in [0, 0.05) is 12.4 Å². The molecule has 0 aliphatic rings. The Kier molecular flexibility index (Phi) is 3.14. The summed E-state index contributed by atoms with van der Waals surface area (Å²) < 4.78 is 0. The van der Waals surface area contributed by atoms with Crippen molar-refractivity contribution in [2.24, 2.45) is 0 Å². The molecular weight excluding hydrogens is 229 g/mol. The molecule has 0 amide bonds. The lowest BCUT2D eigenvalue weighted by molar-refractivity contribution is 1.41. The van der Waals surface area contributed by atoms with Crippen LogP contribution in [0.5, 0.6) is 0 Å². The Balaban J connectivity index is 2.21. The Hall–Kier alpha value is -1.18. The van der Waals surface area contributed by atoms with Crippen LogP contribution in [0, 0.1) is 0 Å². The molecular formula is C12H9Cl2N. The Bertz CT molecular complexity index is 472. The van der Waals surface area contributed by atoms with Gasteiger partial charge in [0.25, 0.3) is 0 Å². The van der Waals surface area contributed by atoms with Gasteiger partial charge in [-0.05, 0) is 29.3 Å². The van der Waals surface area contributed by atoms with Crippen molar-refractivity contribution in [1.29, 1.82) is 0 Å². The zero-order chi connectivity index (χ0) is 10.7. The predicted molar refractivity (Wildman–Crippen MR) is 66.2 cm³/mol. The van der Waals surface area contributed by atoms with Gasteiger partial charge in [-0.15, -0.1) is 0 Å². The summed E-state index contributed by atoms with van der Waals surface area (Å²) in [6, 6.07) is 7.55. The van der Waals surface area contributed by atoms with Gasteiger partial charge >= 0.3 is 0 Å². The van der Waals surface area contributed by atoms with Gasteiger partial charge in [0.05, 0.1) is 10.0 Å². The summed E-state index contributed by atoms with van der Waals surface area (Å²) in [5, 5.41) is 1.16. The molecule has 0 radical (unpaired) electrons. The van der Waals surface area contributed by atoms with Crippen LogP contribution in [0.4, 0.5) is 0 Å². The molecule has 0 bridgehead atoms. The molecule has 0 aliphatic carbocycles. The van der Waals surface area contributed by atoms with E-state index >= 15 is 0 Å². The Morgan fingerprint density at radius 2 is 1.73 bits per heavy atom. The largest absolute Gasteiger partial charge is 0.367 e. The fourth-order valence-electron chi connectivity index (χ4n) is 1.25. The van der Waals surface area contributed by atoms with Crippen molar-refractivity contribution < 1.29 is 0 Å². The van der Waals surface area contributed by atoms with Gasteiger partial charge in [-0.2, -0.15) is 0 Å². The van der Waals surface area contributed by atoms with Gasteiger partial charge in [0.1, 0.15) is 0 Å². The number of aromatic amines is 1. The molecule has 76 valence electrons. The number of rotatable bonds is 2. The van der Waals surface area contributed by atoms with E-state index in [1.807, 2.05) is 42.7 Å². The normalized spacial score (nSPS) is 11.1. The summed E-state index contributed by atoms with van der Waals surface area (Å²) in [7, 11) is 0. The van der Waals surface area contributed by atoms with Gasteiger partial charge in [0.15, 0.2) is 0 Å². The summed E-state index contributed by atoms with van der Waals surface area (Å²) in [5.41, 5.74) is 2.16. The molecule has 2 aromatic rings. The number of H-pyrrole nitrogens is 1. The minimum absolute atomic E-state index is 0.577. The number of halogens is 2. The maximum atomic E-state index is 5.90. The molecule has 1 nitrogen and oxygen atoms in total. The highest BCUT2D eigenvalue weighted by Crippen LogP contribution is 2.23. The first-order valence-corrected chi connectivity index (χ1v) is 5.27. The van der Waals surface area contributed by atoms with Crippen LogP contribution in [0.2, 0.25) is 10.0 Å². The number of nitrogens with one attached hydrogen (secondary N) is 1. The van der Waals surface area contributed by atoms with E-state index in [1.165, 1.54) is 0 Å². The van der Waals surface area contributed by atoms with Crippen molar-refractivity contribution in [3.05, 3.63) is 57.8 Å². The Morgan fingerprint density at radius 1 is 0.933 bits per heavy atom. The lowest BCUT2D eigenvalue weighted by Crippen LogP contribution is -1.73. The maximum Gasteiger partial charge on any atom is 0.0598 e. The predicted octanol–water partition coefficient (Wildman–Crippen LogP) is 4.49.